The summed E-state index contributed by atoms with van der Waals surface area (Å²) in [5.41, 5.74) is 0.734. The molecule has 0 bridgehead atoms. The van der Waals surface area contributed by atoms with Crippen molar-refractivity contribution in [2.24, 2.45) is 5.92 Å². The second-order valence-electron chi connectivity index (χ2n) is 5.30. The first-order valence-corrected chi connectivity index (χ1v) is 8.07. The van der Waals surface area contributed by atoms with Crippen molar-refractivity contribution in [3.05, 3.63) is 29.6 Å². The van der Waals surface area contributed by atoms with Crippen molar-refractivity contribution in [2.75, 3.05) is 14.1 Å². The molecule has 1 aromatic rings. The Morgan fingerprint density at radius 3 is 2.40 bits per heavy atom. The Kier molecular flexibility index (Phi) is 5.68. The molecule has 0 fully saturated rings. The Hall–Kier alpha value is -0.980. The highest BCUT2D eigenvalue weighted by atomic mass is 32.2. The summed E-state index contributed by atoms with van der Waals surface area (Å²) in [6.07, 6.45) is 0. The Morgan fingerprint density at radius 2 is 1.90 bits per heavy atom. The smallest absolute Gasteiger partial charge is 0.245 e. The highest BCUT2D eigenvalue weighted by Gasteiger charge is 2.29. The van der Waals surface area contributed by atoms with Gasteiger partial charge in [0, 0.05) is 19.6 Å². The number of nitrogens with zero attached hydrogens (tertiary/aromatic N) is 1. The maximum Gasteiger partial charge on any atom is 0.245 e. The summed E-state index contributed by atoms with van der Waals surface area (Å²) in [6, 6.07) is 3.97. The van der Waals surface area contributed by atoms with E-state index in [0.717, 1.165) is 5.56 Å². The molecule has 0 saturated carbocycles. The molecule has 0 aliphatic rings. The number of hydrogen-bond acceptors (Lipinski definition) is 3. The molecule has 6 heteroatoms. The van der Waals surface area contributed by atoms with Crippen LogP contribution in [0.4, 0.5) is 4.39 Å². The van der Waals surface area contributed by atoms with Gasteiger partial charge in [0.1, 0.15) is 10.7 Å². The lowest BCUT2D eigenvalue weighted by atomic mass is 10.1. The van der Waals surface area contributed by atoms with Crippen LogP contribution in [0.5, 0.6) is 0 Å². The monoisotopic (exact) mass is 302 g/mol. The third-order valence-electron chi connectivity index (χ3n) is 3.57. The molecule has 0 spiro atoms. The van der Waals surface area contributed by atoms with Crippen LogP contribution in [-0.4, -0.2) is 32.9 Å². The molecule has 0 saturated heterocycles. The fourth-order valence-electron chi connectivity index (χ4n) is 1.85. The first-order valence-electron chi connectivity index (χ1n) is 6.62. The molecule has 1 aromatic carbocycles. The van der Waals surface area contributed by atoms with Gasteiger partial charge in [-0.25, -0.2) is 12.8 Å². The lowest BCUT2D eigenvalue weighted by Crippen LogP contribution is -2.38. The maximum absolute atomic E-state index is 13.9. The molecule has 114 valence electrons. The van der Waals surface area contributed by atoms with Crippen LogP contribution >= 0.6 is 0 Å². The van der Waals surface area contributed by atoms with Crippen LogP contribution < -0.4 is 5.32 Å². The van der Waals surface area contributed by atoms with E-state index in [1.54, 1.807) is 13.1 Å². The fourth-order valence-corrected chi connectivity index (χ4v) is 3.46. The number of rotatable bonds is 6. The number of nitrogens with one attached hydrogen (secondary N) is 1. The number of benzene rings is 1. The molecule has 1 atom stereocenters. The normalized spacial score (nSPS) is 14.0. The molecule has 0 aromatic heterocycles. The third-order valence-corrected chi connectivity index (χ3v) is 5.53. The summed E-state index contributed by atoms with van der Waals surface area (Å²) in [6.45, 7) is 6.18. The molecule has 0 amide bonds. The molecular formula is C14H23FN2O2S. The van der Waals surface area contributed by atoms with Gasteiger partial charge in [0.2, 0.25) is 10.0 Å². The number of halogens is 1. The average molecular weight is 302 g/mol. The van der Waals surface area contributed by atoms with Crippen LogP contribution in [0.25, 0.3) is 0 Å². The molecular weight excluding hydrogens is 279 g/mol. The molecule has 0 aliphatic heterocycles. The quantitative estimate of drug-likeness (QED) is 0.876. The van der Waals surface area contributed by atoms with Gasteiger partial charge in [-0.3, -0.25) is 0 Å². The zero-order chi connectivity index (χ0) is 15.5. The topological polar surface area (TPSA) is 49.4 Å². The van der Waals surface area contributed by atoms with Crippen molar-refractivity contribution in [3.8, 4) is 0 Å². The van der Waals surface area contributed by atoms with Crippen molar-refractivity contribution in [2.45, 2.75) is 38.3 Å². The molecule has 1 unspecified atom stereocenters. The summed E-state index contributed by atoms with van der Waals surface area (Å²) in [4.78, 5) is -0.264. The maximum atomic E-state index is 13.9. The number of sulfonamides is 1. The van der Waals surface area contributed by atoms with E-state index in [-0.39, 0.29) is 16.9 Å². The van der Waals surface area contributed by atoms with Crippen LogP contribution in [0.1, 0.15) is 26.3 Å². The zero-order valence-corrected chi connectivity index (χ0v) is 13.5. The zero-order valence-electron chi connectivity index (χ0n) is 12.6. The summed E-state index contributed by atoms with van der Waals surface area (Å²) in [5.74, 6) is -0.564. The van der Waals surface area contributed by atoms with E-state index in [1.807, 2.05) is 20.8 Å². The van der Waals surface area contributed by atoms with Gasteiger partial charge in [-0.2, -0.15) is 4.31 Å². The van der Waals surface area contributed by atoms with Gasteiger partial charge in [0.15, 0.2) is 0 Å². The molecule has 0 radical (unpaired) electrons. The van der Waals surface area contributed by atoms with Crippen LogP contribution in [-0.2, 0) is 16.6 Å². The molecule has 4 nitrogen and oxygen atoms in total. The van der Waals surface area contributed by atoms with Gasteiger partial charge in [-0.1, -0.05) is 19.9 Å². The molecule has 0 aliphatic carbocycles. The van der Waals surface area contributed by atoms with Gasteiger partial charge in [0.25, 0.3) is 0 Å². The Balaban J connectivity index is 3.24. The largest absolute Gasteiger partial charge is 0.316 e. The minimum Gasteiger partial charge on any atom is -0.316 e. The van der Waals surface area contributed by atoms with E-state index in [1.165, 1.54) is 23.5 Å². The van der Waals surface area contributed by atoms with E-state index in [0.29, 0.717) is 6.54 Å². The third kappa shape index (κ3) is 3.56. The minimum atomic E-state index is -3.82. The van der Waals surface area contributed by atoms with Gasteiger partial charge in [-0.05, 0) is 37.6 Å². The number of hydrogen-bond donors (Lipinski definition) is 1. The molecule has 1 rings (SSSR count). The standard InChI is InChI=1S/C14H23FN2O2S/c1-10(2)11(3)17(5)20(18,19)14-8-12(9-16-4)6-7-13(14)15/h6-8,10-11,16H,9H2,1-5H3. The van der Waals surface area contributed by atoms with Crippen molar-refractivity contribution >= 4 is 10.0 Å². The second-order valence-corrected chi connectivity index (χ2v) is 7.27. The van der Waals surface area contributed by atoms with E-state index < -0.39 is 15.8 Å². The first-order chi connectivity index (χ1) is 9.21. The lowest BCUT2D eigenvalue weighted by Gasteiger charge is -2.27. The fraction of sp³-hybridized carbons (Fsp3) is 0.571. The van der Waals surface area contributed by atoms with E-state index >= 15 is 0 Å². The second kappa shape index (κ2) is 6.65. The van der Waals surface area contributed by atoms with Crippen LogP contribution in [0, 0.1) is 11.7 Å². The lowest BCUT2D eigenvalue weighted by molar-refractivity contribution is 0.314. The van der Waals surface area contributed by atoms with Crippen molar-refractivity contribution in [1.82, 2.24) is 9.62 Å². The van der Waals surface area contributed by atoms with Crippen molar-refractivity contribution in [3.63, 3.8) is 0 Å². The van der Waals surface area contributed by atoms with Gasteiger partial charge >= 0.3 is 0 Å². The minimum absolute atomic E-state index is 0.151. The predicted molar refractivity (Wildman–Crippen MR) is 78.4 cm³/mol. The van der Waals surface area contributed by atoms with Gasteiger partial charge in [-0.15, -0.1) is 0 Å². The highest BCUT2D eigenvalue weighted by Crippen LogP contribution is 2.23. The first kappa shape index (κ1) is 17.1. The molecule has 1 N–H and O–H groups in total. The van der Waals surface area contributed by atoms with Gasteiger partial charge in [0.05, 0.1) is 0 Å². The van der Waals surface area contributed by atoms with E-state index in [9.17, 15) is 12.8 Å². The van der Waals surface area contributed by atoms with Crippen LogP contribution in [0.15, 0.2) is 23.1 Å². The average Bonchev–Trinajstić information content (AvgIpc) is 2.39. The van der Waals surface area contributed by atoms with E-state index in [4.69, 9.17) is 0 Å². The van der Waals surface area contributed by atoms with Crippen LogP contribution in [0.2, 0.25) is 0 Å². The van der Waals surface area contributed by atoms with Gasteiger partial charge < -0.3 is 5.32 Å². The van der Waals surface area contributed by atoms with Crippen molar-refractivity contribution in [1.29, 1.82) is 0 Å². The molecule has 20 heavy (non-hydrogen) atoms. The highest BCUT2D eigenvalue weighted by molar-refractivity contribution is 7.89. The summed E-state index contributed by atoms with van der Waals surface area (Å²) in [7, 11) is -0.579. The summed E-state index contributed by atoms with van der Waals surface area (Å²) < 4.78 is 40.2. The van der Waals surface area contributed by atoms with Crippen molar-refractivity contribution < 1.29 is 12.8 Å². The van der Waals surface area contributed by atoms with E-state index in [2.05, 4.69) is 5.32 Å². The Labute approximate surface area is 121 Å². The predicted octanol–water partition coefficient (Wildman–Crippen LogP) is 2.21. The Morgan fingerprint density at radius 1 is 1.30 bits per heavy atom. The summed E-state index contributed by atoms with van der Waals surface area (Å²) >= 11 is 0. The SMILES string of the molecule is CNCc1ccc(F)c(S(=O)(=O)N(C)C(C)C(C)C)c1. The van der Waals surface area contributed by atoms with Crippen LogP contribution in [0.3, 0.4) is 0 Å². The summed E-state index contributed by atoms with van der Waals surface area (Å²) in [5, 5.41) is 2.92. The Bertz CT molecular complexity index is 558. The molecule has 0 heterocycles.